The van der Waals surface area contributed by atoms with Crippen molar-refractivity contribution in [2.75, 3.05) is 43.6 Å². The summed E-state index contributed by atoms with van der Waals surface area (Å²) in [7, 11) is -3.33. The van der Waals surface area contributed by atoms with Gasteiger partial charge in [0.1, 0.15) is 18.6 Å². The van der Waals surface area contributed by atoms with Crippen LogP contribution in [0, 0.1) is 0 Å². The summed E-state index contributed by atoms with van der Waals surface area (Å²) in [6.07, 6.45) is 1.60. The molecule has 9 heteroatoms. The van der Waals surface area contributed by atoms with Gasteiger partial charge in [-0.05, 0) is 6.42 Å². The summed E-state index contributed by atoms with van der Waals surface area (Å²) in [6, 6.07) is 0.106. The second-order valence-corrected chi connectivity index (χ2v) is 7.56. The molecular weight excluding hydrogens is 310 g/mol. The largest absolute Gasteiger partial charge is 0.486 e. The highest BCUT2D eigenvalue weighted by molar-refractivity contribution is 7.90. The Morgan fingerprint density at radius 3 is 3.05 bits per heavy atom. The number of aromatic nitrogens is 2. The molecule has 0 amide bonds. The number of fused-ring (bicyclic) bond motifs is 3. The zero-order chi connectivity index (χ0) is 15.6. The van der Waals surface area contributed by atoms with Gasteiger partial charge in [-0.15, -0.1) is 0 Å². The van der Waals surface area contributed by atoms with Gasteiger partial charge < -0.3 is 19.5 Å². The summed E-state index contributed by atoms with van der Waals surface area (Å²) >= 11 is 0. The lowest BCUT2D eigenvalue weighted by molar-refractivity contribution is 0.0693. The molecule has 1 aromatic rings. The molecule has 8 nitrogen and oxygen atoms in total. The van der Waals surface area contributed by atoms with E-state index in [-0.39, 0.29) is 30.6 Å². The Morgan fingerprint density at radius 2 is 2.23 bits per heavy atom. The Hall–Kier alpha value is -1.45. The second kappa shape index (κ2) is 6.35. The van der Waals surface area contributed by atoms with E-state index in [1.165, 1.54) is 6.33 Å². The minimum absolute atomic E-state index is 0.0670. The van der Waals surface area contributed by atoms with Crippen LogP contribution >= 0.6 is 0 Å². The predicted molar refractivity (Wildman–Crippen MR) is 78.7 cm³/mol. The number of hydrogen-bond acceptors (Lipinski definition) is 8. The molecule has 1 saturated heterocycles. The number of rotatable bonds is 5. The highest BCUT2D eigenvalue weighted by Gasteiger charge is 2.33. The maximum absolute atomic E-state index is 12.1. The van der Waals surface area contributed by atoms with Crippen molar-refractivity contribution in [3.05, 3.63) is 12.0 Å². The number of aliphatic hydroxyl groups is 1. The van der Waals surface area contributed by atoms with E-state index < -0.39 is 9.84 Å². The molecule has 22 heavy (non-hydrogen) atoms. The molecule has 0 bridgehead atoms. The normalized spacial score (nSPS) is 21.0. The average Bonchev–Trinajstić information content (AvgIpc) is 2.53. The molecule has 1 N–H and O–H groups in total. The van der Waals surface area contributed by atoms with Gasteiger partial charge in [0.05, 0.1) is 30.8 Å². The van der Waals surface area contributed by atoms with Crippen molar-refractivity contribution in [1.82, 2.24) is 9.97 Å². The van der Waals surface area contributed by atoms with Crippen molar-refractivity contribution in [3.63, 3.8) is 0 Å². The molecule has 0 saturated carbocycles. The summed E-state index contributed by atoms with van der Waals surface area (Å²) in [5, 5.41) is 8.78. The number of morpholine rings is 1. The Kier molecular flexibility index (Phi) is 4.46. The van der Waals surface area contributed by atoms with Gasteiger partial charge in [0, 0.05) is 13.2 Å². The lowest BCUT2D eigenvalue weighted by Gasteiger charge is -2.40. The topological polar surface area (TPSA) is 102 Å². The number of sulfone groups is 1. The Labute approximate surface area is 129 Å². The number of nitrogens with zero attached hydrogens (tertiary/aromatic N) is 3. The van der Waals surface area contributed by atoms with Gasteiger partial charge in [-0.2, -0.15) is 0 Å². The number of aliphatic hydroxyl groups excluding tert-OH is 1. The first-order chi connectivity index (χ1) is 10.6. The Bertz CT molecular complexity index is 637. The van der Waals surface area contributed by atoms with Crippen LogP contribution in [0.5, 0.6) is 5.75 Å². The van der Waals surface area contributed by atoms with Crippen molar-refractivity contribution in [2.24, 2.45) is 0 Å². The van der Waals surface area contributed by atoms with Gasteiger partial charge in [-0.25, -0.2) is 18.4 Å². The molecule has 0 spiro atoms. The first-order valence-electron chi connectivity index (χ1n) is 7.23. The van der Waals surface area contributed by atoms with E-state index in [1.54, 1.807) is 0 Å². The summed E-state index contributed by atoms with van der Waals surface area (Å²) in [6.45, 7) is 2.18. The molecule has 2 aliphatic rings. The van der Waals surface area contributed by atoms with E-state index in [1.807, 2.05) is 0 Å². The highest BCUT2D eigenvalue weighted by atomic mass is 32.2. The van der Waals surface area contributed by atoms with E-state index in [2.05, 4.69) is 14.9 Å². The summed E-state index contributed by atoms with van der Waals surface area (Å²) in [5.41, 5.74) is 0.382. The first kappa shape index (κ1) is 15.4. The summed E-state index contributed by atoms with van der Waals surface area (Å²) < 4.78 is 35.3. The molecular formula is C13H19N3O5S. The van der Waals surface area contributed by atoms with E-state index in [4.69, 9.17) is 14.6 Å². The van der Waals surface area contributed by atoms with Crippen molar-refractivity contribution >= 4 is 15.7 Å². The van der Waals surface area contributed by atoms with Gasteiger partial charge in [-0.1, -0.05) is 0 Å². The van der Waals surface area contributed by atoms with Crippen LogP contribution in [0.3, 0.4) is 0 Å². The molecule has 0 radical (unpaired) electrons. The fraction of sp³-hybridized carbons (Fsp3) is 0.692. The number of hydrogen-bond donors (Lipinski definition) is 1. The maximum atomic E-state index is 12.1. The first-order valence-corrected chi connectivity index (χ1v) is 9.05. The third-order valence-electron chi connectivity index (χ3n) is 3.75. The van der Waals surface area contributed by atoms with Crippen LogP contribution in [0.2, 0.25) is 0 Å². The quantitative estimate of drug-likeness (QED) is 0.762. The predicted octanol–water partition coefficient (Wildman–Crippen LogP) is -0.629. The SMILES string of the molecule is O=S(=O)(CCCO)Cc1ncnc2c1OCC1COCCN21. The zero-order valence-electron chi connectivity index (χ0n) is 12.1. The standard InChI is InChI=1S/C13H19N3O5S/c17-3-1-5-22(18,19)8-11-12-13(15-9-14-11)16-2-4-20-6-10(16)7-21-12/h9-10,17H,1-8H2. The van der Waals surface area contributed by atoms with Crippen molar-refractivity contribution in [3.8, 4) is 5.75 Å². The smallest absolute Gasteiger partial charge is 0.184 e. The monoisotopic (exact) mass is 329 g/mol. The van der Waals surface area contributed by atoms with Crippen LogP contribution in [-0.4, -0.2) is 68.3 Å². The van der Waals surface area contributed by atoms with Crippen LogP contribution in [0.4, 0.5) is 5.82 Å². The van der Waals surface area contributed by atoms with Crippen molar-refractivity contribution in [2.45, 2.75) is 18.2 Å². The average molecular weight is 329 g/mol. The molecule has 122 valence electrons. The molecule has 1 unspecified atom stereocenters. The molecule has 1 atom stereocenters. The van der Waals surface area contributed by atoms with E-state index >= 15 is 0 Å². The zero-order valence-corrected chi connectivity index (χ0v) is 13.0. The van der Waals surface area contributed by atoms with Crippen molar-refractivity contribution in [1.29, 1.82) is 0 Å². The fourth-order valence-electron chi connectivity index (χ4n) is 2.67. The highest BCUT2D eigenvalue weighted by Crippen LogP contribution is 2.35. The lowest BCUT2D eigenvalue weighted by atomic mass is 10.2. The molecule has 0 aliphatic carbocycles. The third-order valence-corrected chi connectivity index (χ3v) is 5.37. The van der Waals surface area contributed by atoms with E-state index in [9.17, 15) is 8.42 Å². The van der Waals surface area contributed by atoms with E-state index in [0.29, 0.717) is 43.6 Å². The van der Waals surface area contributed by atoms with Gasteiger partial charge in [0.15, 0.2) is 21.4 Å². The molecule has 0 aromatic carbocycles. The van der Waals surface area contributed by atoms with Crippen LogP contribution in [0.1, 0.15) is 12.1 Å². The van der Waals surface area contributed by atoms with Crippen LogP contribution in [-0.2, 0) is 20.3 Å². The number of anilines is 1. The van der Waals surface area contributed by atoms with Gasteiger partial charge in [0.25, 0.3) is 0 Å². The minimum Gasteiger partial charge on any atom is -0.486 e. The number of ether oxygens (including phenoxy) is 2. The minimum atomic E-state index is -3.33. The maximum Gasteiger partial charge on any atom is 0.184 e. The Balaban J connectivity index is 1.85. The van der Waals surface area contributed by atoms with Gasteiger partial charge in [0.2, 0.25) is 0 Å². The third kappa shape index (κ3) is 3.16. The Morgan fingerprint density at radius 1 is 1.36 bits per heavy atom. The molecule has 2 aliphatic heterocycles. The van der Waals surface area contributed by atoms with E-state index in [0.717, 1.165) is 0 Å². The van der Waals surface area contributed by atoms with Gasteiger partial charge in [-0.3, -0.25) is 0 Å². The van der Waals surface area contributed by atoms with Crippen LogP contribution < -0.4 is 9.64 Å². The summed E-state index contributed by atoms with van der Waals surface area (Å²) in [4.78, 5) is 10.4. The van der Waals surface area contributed by atoms with Crippen molar-refractivity contribution < 1.29 is 23.0 Å². The van der Waals surface area contributed by atoms with Crippen LogP contribution in [0.15, 0.2) is 6.33 Å². The second-order valence-electron chi connectivity index (χ2n) is 5.38. The summed E-state index contributed by atoms with van der Waals surface area (Å²) in [5.74, 6) is 0.824. The molecule has 1 aromatic heterocycles. The fourth-order valence-corrected chi connectivity index (χ4v) is 4.01. The van der Waals surface area contributed by atoms with Crippen LogP contribution in [0.25, 0.3) is 0 Å². The molecule has 3 heterocycles. The molecule has 3 rings (SSSR count). The molecule has 1 fully saturated rings. The lowest BCUT2D eigenvalue weighted by Crippen LogP contribution is -2.51. The van der Waals surface area contributed by atoms with Gasteiger partial charge >= 0.3 is 0 Å².